The van der Waals surface area contributed by atoms with Crippen LogP contribution in [0.25, 0.3) is 0 Å². The monoisotopic (exact) mass is 229 g/mol. The highest BCUT2D eigenvalue weighted by molar-refractivity contribution is 5.86. The van der Waals surface area contributed by atoms with Crippen LogP contribution in [0.4, 0.5) is 4.79 Å². The second-order valence-corrected chi connectivity index (χ2v) is 4.68. The Bertz CT molecular complexity index is 298. The van der Waals surface area contributed by atoms with Crippen LogP contribution in [-0.4, -0.2) is 46.7 Å². The number of nitrogens with zero attached hydrogens (tertiary/aromatic N) is 1. The molecule has 0 aromatic carbocycles. The molecular weight excluding hydrogens is 210 g/mol. The van der Waals surface area contributed by atoms with Gasteiger partial charge in [0, 0.05) is 0 Å². The van der Waals surface area contributed by atoms with Crippen molar-refractivity contribution in [1.82, 2.24) is 10.2 Å². The molecule has 1 aliphatic rings. The Balaban J connectivity index is 2.45. The lowest BCUT2D eigenvalue weighted by Crippen LogP contribution is -2.68. The molecule has 1 fully saturated rings. The number of nitrogens with one attached hydrogen (secondary N) is 1. The Morgan fingerprint density at radius 1 is 1.38 bits per heavy atom. The molecule has 92 valence electrons. The van der Waals surface area contributed by atoms with E-state index < -0.39 is 17.7 Å². The minimum Gasteiger partial charge on any atom is -0.386 e. The molecule has 0 radical (unpaired) electrons. The van der Waals surface area contributed by atoms with Crippen molar-refractivity contribution in [1.29, 1.82) is 0 Å². The van der Waals surface area contributed by atoms with Gasteiger partial charge in [-0.1, -0.05) is 13.8 Å². The van der Waals surface area contributed by atoms with Crippen LogP contribution in [0.3, 0.4) is 0 Å². The van der Waals surface area contributed by atoms with E-state index in [9.17, 15) is 14.7 Å². The average molecular weight is 229 g/mol. The third kappa shape index (κ3) is 2.44. The van der Waals surface area contributed by atoms with Gasteiger partial charge in [-0.3, -0.25) is 4.79 Å². The third-order valence-electron chi connectivity index (χ3n) is 3.04. The van der Waals surface area contributed by atoms with E-state index in [1.165, 1.54) is 4.90 Å². The number of rotatable bonds is 3. The molecule has 4 N–H and O–H groups in total. The Morgan fingerprint density at radius 2 is 1.88 bits per heavy atom. The zero-order valence-corrected chi connectivity index (χ0v) is 9.86. The van der Waals surface area contributed by atoms with Gasteiger partial charge in [0.25, 0.3) is 0 Å². The van der Waals surface area contributed by atoms with Gasteiger partial charge < -0.3 is 21.1 Å². The topological polar surface area (TPSA) is 95.7 Å². The first-order valence-corrected chi connectivity index (χ1v) is 5.33. The highest BCUT2D eigenvalue weighted by atomic mass is 16.3. The molecule has 1 rings (SSSR count). The molecule has 1 heterocycles. The maximum atomic E-state index is 11.7. The maximum Gasteiger partial charge on any atom is 0.312 e. The number of carbonyl (C=O) groups is 2. The van der Waals surface area contributed by atoms with Gasteiger partial charge in [0.15, 0.2) is 0 Å². The molecule has 0 aromatic heterocycles. The zero-order chi connectivity index (χ0) is 12.5. The van der Waals surface area contributed by atoms with E-state index in [-0.39, 0.29) is 11.8 Å². The standard InChI is InChI=1S/C10H19N3O3/c1-6(2)10(16)4-13(5-10)8(14)7(3)12-9(11)15/h6-7,16H,4-5H2,1-3H3,(H3,11,12,15). The van der Waals surface area contributed by atoms with E-state index in [2.05, 4.69) is 5.32 Å². The van der Waals surface area contributed by atoms with Crippen molar-refractivity contribution in [2.75, 3.05) is 13.1 Å². The fraction of sp³-hybridized carbons (Fsp3) is 0.800. The van der Waals surface area contributed by atoms with Gasteiger partial charge in [-0.05, 0) is 12.8 Å². The Labute approximate surface area is 94.8 Å². The molecule has 16 heavy (non-hydrogen) atoms. The molecule has 1 aliphatic heterocycles. The first kappa shape index (κ1) is 12.8. The summed E-state index contributed by atoms with van der Waals surface area (Å²) >= 11 is 0. The predicted molar refractivity (Wildman–Crippen MR) is 58.5 cm³/mol. The number of aliphatic hydroxyl groups is 1. The number of β-amino-alcohol motifs (C(OH)–C–C–N with tert-alkyl or cyclic N) is 1. The molecule has 0 aliphatic carbocycles. The second kappa shape index (κ2) is 4.29. The molecule has 6 heteroatoms. The first-order chi connectivity index (χ1) is 7.26. The van der Waals surface area contributed by atoms with Crippen LogP contribution in [-0.2, 0) is 4.79 Å². The number of nitrogens with two attached hydrogens (primary N) is 1. The van der Waals surface area contributed by atoms with Crippen molar-refractivity contribution < 1.29 is 14.7 Å². The van der Waals surface area contributed by atoms with Crippen LogP contribution in [0.1, 0.15) is 20.8 Å². The SMILES string of the molecule is CC(NC(N)=O)C(=O)N1CC(O)(C(C)C)C1. The molecular formula is C10H19N3O3. The second-order valence-electron chi connectivity index (χ2n) is 4.68. The summed E-state index contributed by atoms with van der Waals surface area (Å²) in [7, 11) is 0. The summed E-state index contributed by atoms with van der Waals surface area (Å²) in [6.07, 6.45) is 0. The fourth-order valence-corrected chi connectivity index (χ4v) is 1.68. The number of hydrogen-bond acceptors (Lipinski definition) is 3. The van der Waals surface area contributed by atoms with Gasteiger partial charge in [0.1, 0.15) is 11.6 Å². The summed E-state index contributed by atoms with van der Waals surface area (Å²) in [6, 6.07) is -1.37. The molecule has 0 spiro atoms. The molecule has 0 aromatic rings. The lowest BCUT2D eigenvalue weighted by Gasteiger charge is -2.49. The van der Waals surface area contributed by atoms with E-state index >= 15 is 0 Å². The molecule has 0 bridgehead atoms. The van der Waals surface area contributed by atoms with Crippen LogP contribution >= 0.6 is 0 Å². The molecule has 0 saturated carbocycles. The van der Waals surface area contributed by atoms with Crippen LogP contribution in [0.2, 0.25) is 0 Å². The van der Waals surface area contributed by atoms with E-state index in [1.807, 2.05) is 13.8 Å². The smallest absolute Gasteiger partial charge is 0.312 e. The summed E-state index contributed by atoms with van der Waals surface area (Å²) in [4.78, 5) is 23.8. The van der Waals surface area contributed by atoms with Crippen LogP contribution in [0, 0.1) is 5.92 Å². The van der Waals surface area contributed by atoms with Crippen molar-refractivity contribution >= 4 is 11.9 Å². The number of carbonyl (C=O) groups excluding carboxylic acids is 2. The highest BCUT2D eigenvalue weighted by Gasteiger charge is 2.46. The highest BCUT2D eigenvalue weighted by Crippen LogP contribution is 2.28. The maximum absolute atomic E-state index is 11.7. The third-order valence-corrected chi connectivity index (χ3v) is 3.04. The summed E-state index contributed by atoms with van der Waals surface area (Å²) in [5.74, 6) is -0.111. The quantitative estimate of drug-likeness (QED) is 0.595. The van der Waals surface area contributed by atoms with Gasteiger partial charge in [0.05, 0.1) is 13.1 Å². The normalized spacial score (nSPS) is 20.2. The number of primary amides is 1. The summed E-state index contributed by atoms with van der Waals surface area (Å²) in [5, 5.41) is 12.3. The lowest BCUT2D eigenvalue weighted by atomic mass is 9.82. The van der Waals surface area contributed by atoms with Crippen molar-refractivity contribution in [2.45, 2.75) is 32.4 Å². The van der Waals surface area contributed by atoms with Crippen molar-refractivity contribution in [2.24, 2.45) is 11.7 Å². The van der Waals surface area contributed by atoms with Crippen molar-refractivity contribution in [3.05, 3.63) is 0 Å². The zero-order valence-electron chi connectivity index (χ0n) is 9.86. The minimum atomic E-state index is -0.790. The fourth-order valence-electron chi connectivity index (χ4n) is 1.68. The molecule has 1 saturated heterocycles. The van der Waals surface area contributed by atoms with Gasteiger partial charge in [-0.15, -0.1) is 0 Å². The lowest BCUT2D eigenvalue weighted by molar-refractivity contribution is -0.165. The van der Waals surface area contributed by atoms with E-state index in [0.717, 1.165) is 0 Å². The first-order valence-electron chi connectivity index (χ1n) is 5.33. The summed E-state index contributed by atoms with van der Waals surface area (Å²) < 4.78 is 0. The predicted octanol–water partition coefficient (Wildman–Crippen LogP) is -0.727. The van der Waals surface area contributed by atoms with E-state index in [4.69, 9.17) is 5.73 Å². The van der Waals surface area contributed by atoms with Gasteiger partial charge in [-0.2, -0.15) is 0 Å². The van der Waals surface area contributed by atoms with Crippen LogP contribution in [0.5, 0.6) is 0 Å². The number of urea groups is 1. The molecule has 3 amide bonds. The summed E-state index contributed by atoms with van der Waals surface area (Å²) in [6.45, 7) is 6.02. The number of likely N-dealkylation sites (tertiary alicyclic amines) is 1. The number of hydrogen-bond donors (Lipinski definition) is 3. The van der Waals surface area contributed by atoms with Crippen LogP contribution in [0.15, 0.2) is 0 Å². The van der Waals surface area contributed by atoms with E-state index in [1.54, 1.807) is 6.92 Å². The summed E-state index contributed by atoms with van der Waals surface area (Å²) in [5.41, 5.74) is 4.13. The molecule has 1 atom stereocenters. The Hall–Kier alpha value is -1.30. The van der Waals surface area contributed by atoms with Gasteiger partial charge >= 0.3 is 6.03 Å². The number of amides is 3. The minimum absolute atomic E-state index is 0.107. The molecule has 6 nitrogen and oxygen atoms in total. The van der Waals surface area contributed by atoms with Crippen LogP contribution < -0.4 is 11.1 Å². The Morgan fingerprint density at radius 3 is 2.25 bits per heavy atom. The molecule has 1 unspecified atom stereocenters. The van der Waals surface area contributed by atoms with Gasteiger partial charge in [0.2, 0.25) is 5.91 Å². The van der Waals surface area contributed by atoms with Crippen molar-refractivity contribution in [3.8, 4) is 0 Å². The van der Waals surface area contributed by atoms with E-state index in [0.29, 0.717) is 13.1 Å². The largest absolute Gasteiger partial charge is 0.386 e. The van der Waals surface area contributed by atoms with Crippen molar-refractivity contribution in [3.63, 3.8) is 0 Å². The Kier molecular flexibility index (Phi) is 3.42. The van der Waals surface area contributed by atoms with Gasteiger partial charge in [-0.25, -0.2) is 4.79 Å². The average Bonchev–Trinajstić information content (AvgIpc) is 2.10.